The number of benzene rings is 1. The molecule has 0 amide bonds. The molecule has 0 bridgehead atoms. The Kier molecular flexibility index (Phi) is 5.38. The zero-order chi connectivity index (χ0) is 14.6. The Bertz CT molecular complexity index is 549. The summed E-state index contributed by atoms with van der Waals surface area (Å²) in [5, 5.41) is 11.3. The van der Waals surface area contributed by atoms with E-state index >= 15 is 0 Å². The van der Waals surface area contributed by atoms with E-state index in [2.05, 4.69) is 38.8 Å². The quantitative estimate of drug-likeness (QED) is 0.556. The van der Waals surface area contributed by atoms with Crippen molar-refractivity contribution in [1.29, 1.82) is 0 Å². The maximum absolute atomic E-state index is 9.37. The molecule has 2 rings (SSSR count). The first-order valence-electron chi connectivity index (χ1n) is 6.46. The van der Waals surface area contributed by atoms with Gasteiger partial charge in [-0.15, -0.1) is 0 Å². The fourth-order valence-corrected chi connectivity index (χ4v) is 1.26. The summed E-state index contributed by atoms with van der Waals surface area (Å²) < 4.78 is 0. The molecule has 1 aromatic heterocycles. The molecular formula is C15H22ClNOSi. The standard InChI is InChI=1S/C9H6ClNO.C6H16Si/c10-8-5-4-6-2-1-3-7(12)9(6)11-8;1-6(2,3)7(4)5/h1-5,12H;7H,1-5H3. The average molecular weight is 296 g/mol. The van der Waals surface area contributed by atoms with E-state index in [1.165, 1.54) is 0 Å². The number of aromatic nitrogens is 1. The van der Waals surface area contributed by atoms with E-state index in [1.807, 2.05) is 12.1 Å². The number of hydrogen-bond donors (Lipinski definition) is 1. The highest BCUT2D eigenvalue weighted by molar-refractivity contribution is 6.59. The first kappa shape index (κ1) is 16.0. The molecule has 1 N–H and O–H groups in total. The molecule has 0 aliphatic carbocycles. The monoisotopic (exact) mass is 295 g/mol. The molecule has 0 atom stereocenters. The molecule has 0 spiro atoms. The van der Waals surface area contributed by atoms with Crippen molar-refractivity contribution in [2.24, 2.45) is 0 Å². The molecule has 4 heteroatoms. The number of rotatable bonds is 0. The van der Waals surface area contributed by atoms with Crippen LogP contribution in [0.3, 0.4) is 0 Å². The molecule has 2 aromatic rings. The average Bonchev–Trinajstić information content (AvgIpc) is 2.30. The number of aromatic hydroxyl groups is 1. The van der Waals surface area contributed by atoms with E-state index in [0.29, 0.717) is 15.7 Å². The number of nitrogens with zero attached hydrogens (tertiary/aromatic N) is 1. The molecule has 1 heterocycles. The Morgan fingerprint density at radius 3 is 2.21 bits per heavy atom. The zero-order valence-electron chi connectivity index (χ0n) is 12.2. The van der Waals surface area contributed by atoms with Crippen molar-refractivity contribution in [2.75, 3.05) is 0 Å². The van der Waals surface area contributed by atoms with Crippen molar-refractivity contribution in [2.45, 2.75) is 38.9 Å². The fourth-order valence-electron chi connectivity index (χ4n) is 1.11. The van der Waals surface area contributed by atoms with Crippen LogP contribution < -0.4 is 0 Å². The van der Waals surface area contributed by atoms with Crippen LogP contribution in [0.25, 0.3) is 10.9 Å². The molecule has 0 saturated carbocycles. The van der Waals surface area contributed by atoms with Crippen molar-refractivity contribution in [1.82, 2.24) is 4.98 Å². The Morgan fingerprint density at radius 2 is 1.68 bits per heavy atom. The molecule has 19 heavy (non-hydrogen) atoms. The van der Waals surface area contributed by atoms with Gasteiger partial charge in [-0.2, -0.15) is 0 Å². The lowest BCUT2D eigenvalue weighted by molar-refractivity contribution is 0.480. The minimum absolute atomic E-state index is 0.162. The minimum Gasteiger partial charge on any atom is -0.506 e. The minimum atomic E-state index is -0.359. The van der Waals surface area contributed by atoms with Gasteiger partial charge >= 0.3 is 0 Å². The molecule has 1 aromatic carbocycles. The van der Waals surface area contributed by atoms with Crippen LogP contribution in [0.5, 0.6) is 5.75 Å². The van der Waals surface area contributed by atoms with Crippen molar-refractivity contribution >= 4 is 31.3 Å². The van der Waals surface area contributed by atoms with Gasteiger partial charge in [-0.05, 0) is 23.2 Å². The second-order valence-corrected chi connectivity index (χ2v) is 10.4. The van der Waals surface area contributed by atoms with E-state index in [1.54, 1.807) is 18.2 Å². The van der Waals surface area contributed by atoms with Gasteiger partial charge in [0, 0.05) is 14.2 Å². The van der Waals surface area contributed by atoms with Crippen LogP contribution in [-0.2, 0) is 0 Å². The normalized spacial score (nSPS) is 11.3. The van der Waals surface area contributed by atoms with Crippen molar-refractivity contribution in [3.05, 3.63) is 35.5 Å². The Balaban J connectivity index is 0.000000224. The Labute approximate surface area is 122 Å². The lowest BCUT2D eigenvalue weighted by atomic mass is 10.2. The molecule has 104 valence electrons. The molecule has 0 aliphatic heterocycles. The predicted molar refractivity (Wildman–Crippen MR) is 87.0 cm³/mol. The van der Waals surface area contributed by atoms with Crippen LogP contribution in [0.15, 0.2) is 30.3 Å². The summed E-state index contributed by atoms with van der Waals surface area (Å²) in [6, 6.07) is 8.75. The lowest BCUT2D eigenvalue weighted by Crippen LogP contribution is -2.16. The van der Waals surface area contributed by atoms with Gasteiger partial charge in [-0.3, -0.25) is 0 Å². The molecular weight excluding hydrogens is 274 g/mol. The third-order valence-corrected chi connectivity index (χ3v) is 7.07. The molecule has 2 nitrogen and oxygen atoms in total. The first-order chi connectivity index (χ1) is 8.71. The summed E-state index contributed by atoms with van der Waals surface area (Å²) in [5.41, 5.74) is 0.546. The summed E-state index contributed by atoms with van der Waals surface area (Å²) in [6.45, 7) is 11.7. The maximum Gasteiger partial charge on any atom is 0.141 e. The third-order valence-electron chi connectivity index (χ3n) is 3.40. The fraction of sp³-hybridized carbons (Fsp3) is 0.400. The van der Waals surface area contributed by atoms with Gasteiger partial charge in [0.25, 0.3) is 0 Å². The molecule has 0 radical (unpaired) electrons. The van der Waals surface area contributed by atoms with Crippen molar-refractivity contribution < 1.29 is 5.11 Å². The van der Waals surface area contributed by atoms with Gasteiger partial charge in [-0.25, -0.2) is 4.98 Å². The molecule has 0 aliphatic rings. The zero-order valence-corrected chi connectivity index (χ0v) is 14.1. The van der Waals surface area contributed by atoms with Gasteiger partial charge in [0.1, 0.15) is 16.4 Å². The Morgan fingerprint density at radius 1 is 1.11 bits per heavy atom. The lowest BCUT2D eigenvalue weighted by Gasteiger charge is -2.21. The maximum atomic E-state index is 9.37. The van der Waals surface area contributed by atoms with Gasteiger partial charge in [0.05, 0.1) is 0 Å². The largest absolute Gasteiger partial charge is 0.506 e. The van der Waals surface area contributed by atoms with E-state index in [-0.39, 0.29) is 14.5 Å². The van der Waals surface area contributed by atoms with Crippen LogP contribution in [0.1, 0.15) is 20.8 Å². The van der Waals surface area contributed by atoms with Crippen LogP contribution in [0.4, 0.5) is 0 Å². The number of hydrogen-bond acceptors (Lipinski definition) is 2. The summed E-state index contributed by atoms with van der Waals surface area (Å²) in [6.07, 6.45) is 0. The van der Waals surface area contributed by atoms with Gasteiger partial charge in [0.2, 0.25) is 0 Å². The number of pyridine rings is 1. The number of halogens is 1. The van der Waals surface area contributed by atoms with Gasteiger partial charge in [0.15, 0.2) is 0 Å². The third kappa shape index (κ3) is 4.84. The predicted octanol–water partition coefficient (Wildman–Crippen LogP) is 4.87. The van der Waals surface area contributed by atoms with E-state index in [9.17, 15) is 5.11 Å². The summed E-state index contributed by atoms with van der Waals surface area (Å²) >= 11 is 5.67. The Hall–Kier alpha value is -1.06. The second-order valence-electron chi connectivity index (χ2n) is 6.00. The van der Waals surface area contributed by atoms with E-state index in [0.717, 1.165) is 5.39 Å². The number of fused-ring (bicyclic) bond motifs is 1. The SMILES string of the molecule is C[SiH](C)C(C)(C)C.Oc1cccc2ccc(Cl)nc12. The van der Waals surface area contributed by atoms with Crippen molar-refractivity contribution in [3.8, 4) is 5.75 Å². The number of phenols is 1. The topological polar surface area (TPSA) is 33.1 Å². The van der Waals surface area contributed by atoms with E-state index < -0.39 is 0 Å². The molecule has 0 unspecified atom stereocenters. The van der Waals surface area contributed by atoms with Gasteiger partial charge < -0.3 is 5.11 Å². The second kappa shape index (κ2) is 6.39. The summed E-state index contributed by atoms with van der Waals surface area (Å²) in [5.74, 6) is 0.162. The van der Waals surface area contributed by atoms with Crippen LogP contribution in [0.2, 0.25) is 23.3 Å². The molecule has 0 saturated heterocycles. The van der Waals surface area contributed by atoms with Crippen LogP contribution in [-0.4, -0.2) is 18.9 Å². The van der Waals surface area contributed by atoms with Crippen LogP contribution in [0, 0.1) is 0 Å². The number of para-hydroxylation sites is 1. The van der Waals surface area contributed by atoms with Crippen molar-refractivity contribution in [3.63, 3.8) is 0 Å². The van der Waals surface area contributed by atoms with Gasteiger partial charge in [-0.1, -0.05) is 57.6 Å². The molecule has 0 fully saturated rings. The van der Waals surface area contributed by atoms with E-state index in [4.69, 9.17) is 11.6 Å². The highest BCUT2D eigenvalue weighted by Crippen LogP contribution is 2.25. The summed E-state index contributed by atoms with van der Waals surface area (Å²) in [4.78, 5) is 3.99. The highest BCUT2D eigenvalue weighted by atomic mass is 35.5. The van der Waals surface area contributed by atoms with Crippen LogP contribution >= 0.6 is 11.6 Å². The number of phenolic OH excluding ortho intramolecular Hbond substituents is 1. The summed E-state index contributed by atoms with van der Waals surface area (Å²) in [7, 11) is -0.359. The highest BCUT2D eigenvalue weighted by Gasteiger charge is 2.15. The smallest absolute Gasteiger partial charge is 0.141 e. The first-order valence-corrected chi connectivity index (χ1v) is 9.72.